The van der Waals surface area contributed by atoms with Gasteiger partial charge in [-0.2, -0.15) is 0 Å². The van der Waals surface area contributed by atoms with E-state index in [9.17, 15) is 4.79 Å². The molecular formula is C5H12N2O2. The number of likely N-dealkylation sites (N-methyl/N-ethyl adjacent to an activating group) is 1. The number of hydrogen-bond donors (Lipinski definition) is 3. The molecule has 0 rings (SSSR count). The van der Waals surface area contributed by atoms with E-state index in [0.29, 0.717) is 6.54 Å². The maximum absolute atomic E-state index is 10.6. The van der Waals surface area contributed by atoms with Crippen LogP contribution in [-0.4, -0.2) is 30.2 Å². The highest BCUT2D eigenvalue weighted by atomic mass is 16.3. The fraction of sp³-hybridized carbons (Fsp3) is 0.800. The van der Waals surface area contributed by atoms with Gasteiger partial charge in [-0.15, -0.1) is 0 Å². The Morgan fingerprint density at radius 2 is 2.44 bits per heavy atom. The largest absolute Gasteiger partial charge is 0.394 e. The van der Waals surface area contributed by atoms with E-state index in [0.717, 1.165) is 0 Å². The number of aliphatic hydroxyl groups excluding tert-OH is 1. The molecule has 1 amide bonds. The van der Waals surface area contributed by atoms with Crippen LogP contribution in [0.3, 0.4) is 0 Å². The van der Waals surface area contributed by atoms with Crippen LogP contribution in [-0.2, 0) is 4.79 Å². The third-order valence-electron chi connectivity index (χ3n) is 0.884. The number of nitrogens with one attached hydrogen (secondary N) is 1. The van der Waals surface area contributed by atoms with Gasteiger partial charge in [0.15, 0.2) is 0 Å². The molecule has 4 N–H and O–H groups in total. The van der Waals surface area contributed by atoms with Crippen LogP contribution in [0.4, 0.5) is 0 Å². The number of carbonyl (C=O) groups excluding carboxylic acids is 1. The highest BCUT2D eigenvalue weighted by Gasteiger charge is 2.08. The molecule has 0 spiro atoms. The molecule has 0 aliphatic heterocycles. The second-order valence-electron chi connectivity index (χ2n) is 1.68. The van der Waals surface area contributed by atoms with E-state index in [2.05, 4.69) is 5.32 Å². The molecule has 0 bridgehead atoms. The first kappa shape index (κ1) is 8.39. The molecule has 4 nitrogen and oxygen atoms in total. The Kier molecular flexibility index (Phi) is 4.00. The van der Waals surface area contributed by atoms with Gasteiger partial charge in [0.05, 0.1) is 6.61 Å². The molecular weight excluding hydrogens is 120 g/mol. The van der Waals surface area contributed by atoms with Crippen LogP contribution in [0.15, 0.2) is 0 Å². The molecule has 0 aromatic rings. The SMILES string of the molecule is CCNC(=O)[C@@H](N)CO. The van der Waals surface area contributed by atoms with E-state index < -0.39 is 6.04 Å². The van der Waals surface area contributed by atoms with Crippen molar-refractivity contribution in [2.75, 3.05) is 13.2 Å². The lowest BCUT2D eigenvalue weighted by atomic mass is 10.3. The predicted molar refractivity (Wildman–Crippen MR) is 33.7 cm³/mol. The summed E-state index contributed by atoms with van der Waals surface area (Å²) in [6, 6.07) is -0.773. The van der Waals surface area contributed by atoms with Crippen molar-refractivity contribution in [3.05, 3.63) is 0 Å². The summed E-state index contributed by atoms with van der Waals surface area (Å²) in [7, 11) is 0. The molecule has 4 heteroatoms. The van der Waals surface area contributed by atoms with E-state index in [1.165, 1.54) is 0 Å². The molecule has 0 fully saturated rings. The summed E-state index contributed by atoms with van der Waals surface area (Å²) in [6.45, 7) is 2.04. The van der Waals surface area contributed by atoms with Gasteiger partial charge in [-0.1, -0.05) is 0 Å². The second kappa shape index (κ2) is 4.29. The first-order valence-electron chi connectivity index (χ1n) is 2.86. The third kappa shape index (κ3) is 3.05. The summed E-state index contributed by atoms with van der Waals surface area (Å²) in [5, 5.41) is 10.8. The normalized spacial score (nSPS) is 12.8. The number of hydrogen-bond acceptors (Lipinski definition) is 3. The molecule has 9 heavy (non-hydrogen) atoms. The maximum Gasteiger partial charge on any atom is 0.239 e. The van der Waals surface area contributed by atoms with Gasteiger partial charge in [0.1, 0.15) is 6.04 Å². The molecule has 0 heterocycles. The Morgan fingerprint density at radius 1 is 1.89 bits per heavy atom. The van der Waals surface area contributed by atoms with Crippen molar-refractivity contribution in [3.8, 4) is 0 Å². The Morgan fingerprint density at radius 3 is 2.78 bits per heavy atom. The summed E-state index contributed by atoms with van der Waals surface area (Å²) in [5.74, 6) is -0.306. The average molecular weight is 132 g/mol. The van der Waals surface area contributed by atoms with Crippen molar-refractivity contribution in [3.63, 3.8) is 0 Å². The molecule has 54 valence electrons. The minimum atomic E-state index is -0.773. The van der Waals surface area contributed by atoms with Crippen molar-refractivity contribution >= 4 is 5.91 Å². The minimum Gasteiger partial charge on any atom is -0.394 e. The van der Waals surface area contributed by atoms with Gasteiger partial charge in [-0.25, -0.2) is 0 Å². The van der Waals surface area contributed by atoms with E-state index in [1.54, 1.807) is 6.92 Å². The number of carbonyl (C=O) groups is 1. The second-order valence-corrected chi connectivity index (χ2v) is 1.68. The number of aliphatic hydroxyl groups is 1. The lowest BCUT2D eigenvalue weighted by Gasteiger charge is -2.05. The van der Waals surface area contributed by atoms with Crippen LogP contribution < -0.4 is 11.1 Å². The molecule has 0 unspecified atom stereocenters. The molecule has 0 saturated carbocycles. The molecule has 0 aromatic carbocycles. The highest BCUT2D eigenvalue weighted by molar-refractivity contribution is 5.81. The summed E-state index contributed by atoms with van der Waals surface area (Å²) < 4.78 is 0. The van der Waals surface area contributed by atoms with E-state index in [-0.39, 0.29) is 12.5 Å². The molecule has 0 radical (unpaired) electrons. The van der Waals surface area contributed by atoms with Crippen molar-refractivity contribution < 1.29 is 9.90 Å². The fourth-order valence-corrected chi connectivity index (χ4v) is 0.388. The Labute approximate surface area is 54.0 Å². The molecule has 0 aliphatic rings. The zero-order valence-corrected chi connectivity index (χ0v) is 5.42. The molecule has 0 aromatic heterocycles. The highest BCUT2D eigenvalue weighted by Crippen LogP contribution is 1.73. The minimum absolute atomic E-state index is 0.300. The van der Waals surface area contributed by atoms with Gasteiger partial charge in [0.2, 0.25) is 5.91 Å². The van der Waals surface area contributed by atoms with Gasteiger partial charge in [0, 0.05) is 6.54 Å². The third-order valence-corrected chi connectivity index (χ3v) is 0.884. The Balaban J connectivity index is 3.46. The first-order valence-corrected chi connectivity index (χ1v) is 2.86. The van der Waals surface area contributed by atoms with E-state index in [1.807, 2.05) is 0 Å². The smallest absolute Gasteiger partial charge is 0.239 e. The van der Waals surface area contributed by atoms with Crippen LogP contribution in [0.2, 0.25) is 0 Å². The number of nitrogens with two attached hydrogens (primary N) is 1. The van der Waals surface area contributed by atoms with Crippen molar-refractivity contribution in [1.82, 2.24) is 5.32 Å². The zero-order valence-electron chi connectivity index (χ0n) is 5.42. The quantitative estimate of drug-likeness (QED) is 0.435. The van der Waals surface area contributed by atoms with Crippen molar-refractivity contribution in [2.24, 2.45) is 5.73 Å². The fourth-order valence-electron chi connectivity index (χ4n) is 0.388. The van der Waals surface area contributed by atoms with E-state index >= 15 is 0 Å². The monoisotopic (exact) mass is 132 g/mol. The average Bonchev–Trinajstić information content (AvgIpc) is 1.87. The summed E-state index contributed by atoms with van der Waals surface area (Å²) >= 11 is 0. The number of rotatable bonds is 3. The Bertz CT molecular complexity index is 95.0. The maximum atomic E-state index is 10.6. The summed E-state index contributed by atoms with van der Waals surface area (Å²) in [5.41, 5.74) is 5.14. The van der Waals surface area contributed by atoms with Crippen molar-refractivity contribution in [2.45, 2.75) is 13.0 Å². The van der Waals surface area contributed by atoms with Gasteiger partial charge < -0.3 is 16.2 Å². The molecule has 1 atom stereocenters. The van der Waals surface area contributed by atoms with Gasteiger partial charge in [0.25, 0.3) is 0 Å². The van der Waals surface area contributed by atoms with Crippen LogP contribution in [0, 0.1) is 0 Å². The first-order chi connectivity index (χ1) is 4.22. The van der Waals surface area contributed by atoms with Crippen LogP contribution in [0.5, 0.6) is 0 Å². The topological polar surface area (TPSA) is 75.4 Å². The number of amides is 1. The lowest BCUT2D eigenvalue weighted by molar-refractivity contribution is -0.123. The molecule has 0 aliphatic carbocycles. The van der Waals surface area contributed by atoms with E-state index in [4.69, 9.17) is 10.8 Å². The summed E-state index contributed by atoms with van der Waals surface area (Å²) in [6.07, 6.45) is 0. The van der Waals surface area contributed by atoms with Crippen LogP contribution in [0.25, 0.3) is 0 Å². The van der Waals surface area contributed by atoms with Gasteiger partial charge >= 0.3 is 0 Å². The molecule has 0 saturated heterocycles. The Hall–Kier alpha value is -0.610. The lowest BCUT2D eigenvalue weighted by Crippen LogP contribution is -2.42. The van der Waals surface area contributed by atoms with Gasteiger partial charge in [-0.05, 0) is 6.92 Å². The summed E-state index contributed by atoms with van der Waals surface area (Å²) in [4.78, 5) is 10.6. The van der Waals surface area contributed by atoms with Crippen LogP contribution >= 0.6 is 0 Å². The zero-order chi connectivity index (χ0) is 7.28. The standard InChI is InChI=1S/C5H12N2O2/c1-2-7-5(9)4(6)3-8/h4,8H,2-3,6H2,1H3,(H,7,9)/t4-/m0/s1. The van der Waals surface area contributed by atoms with Gasteiger partial charge in [-0.3, -0.25) is 4.79 Å². The predicted octanol–water partition coefficient (Wildman–Crippen LogP) is -1.56. The van der Waals surface area contributed by atoms with Crippen LogP contribution in [0.1, 0.15) is 6.92 Å². The van der Waals surface area contributed by atoms with Crippen molar-refractivity contribution in [1.29, 1.82) is 0 Å².